The standard InChI is InChI=1S/C20H33NO6.C19H31NO6.3CH3.H2O.Sn/c1-3-8-26-10-11-27-9-7-21(6-4-5-20(24)25-2)19-13-17(15-22)12-18(14-19)16-23;1-2-7-25-9-10-26-8-6-20(5-3-4-19(23)24)18-12-16(14-21)11-17(13-18)15-22;;;;;/h12-14,22-23H,3-11,15-16H2,1-2H3;11-13,21-22H,2-10,14-15H2,1H3,(H,23,24);3*1H3;1H2;. The number of benzene rings is 2. The number of carboxylic acid groups (broad SMARTS) is 1. The van der Waals surface area contributed by atoms with E-state index in [0.29, 0.717) is 96.2 Å². The Hall–Kier alpha value is -2.58. The van der Waals surface area contributed by atoms with E-state index in [1.54, 1.807) is 12.1 Å². The van der Waals surface area contributed by atoms with Crippen molar-refractivity contribution in [1.82, 2.24) is 0 Å². The third-order valence-corrected chi connectivity index (χ3v) is 7.84. The van der Waals surface area contributed by atoms with Crippen molar-refractivity contribution < 1.29 is 64.3 Å². The molecule has 2 aromatic rings. The van der Waals surface area contributed by atoms with Crippen molar-refractivity contribution in [2.24, 2.45) is 0 Å². The zero-order chi connectivity index (χ0) is 42.7. The molecule has 7 N–H and O–H groups in total. The van der Waals surface area contributed by atoms with E-state index in [1.807, 2.05) is 29.2 Å². The fourth-order valence-corrected chi connectivity index (χ4v) is 5.18. The van der Waals surface area contributed by atoms with Crippen LogP contribution in [0.1, 0.15) is 74.6 Å². The van der Waals surface area contributed by atoms with E-state index in [0.717, 1.165) is 48.6 Å². The van der Waals surface area contributed by atoms with Gasteiger partial charge in [-0.2, -0.15) is 0 Å². The van der Waals surface area contributed by atoms with E-state index in [4.69, 9.17) is 28.8 Å². The minimum absolute atomic E-state index is 0. The second kappa shape index (κ2) is 38.6. The van der Waals surface area contributed by atoms with Crippen LogP contribution in [-0.4, -0.2) is 149 Å². The number of hydrogen-bond acceptors (Lipinski definition) is 13. The van der Waals surface area contributed by atoms with Crippen LogP contribution in [0, 0.1) is 0 Å². The van der Waals surface area contributed by atoms with Gasteiger partial charge >= 0.3 is 46.5 Å². The third kappa shape index (κ3) is 30.5. The molecule has 0 heterocycles. The SMILES string of the molecule is CCCOCCOCCN(CCCC(=O)O)c1cc(CO)cc(CO)c1.CCCOCCOCCN(CCCC(=O)OC)c1cc(CO)cc(CO)c1.O.[CH3][Sn]([CH3])[CH3]. The van der Waals surface area contributed by atoms with E-state index in [1.165, 1.54) is 7.11 Å². The van der Waals surface area contributed by atoms with Gasteiger partial charge in [0.25, 0.3) is 0 Å². The zero-order valence-electron chi connectivity index (χ0n) is 36.0. The number of carbonyl (C=O) groups is 2. The van der Waals surface area contributed by atoms with E-state index in [2.05, 4.69) is 33.6 Å². The summed E-state index contributed by atoms with van der Waals surface area (Å²) < 4.78 is 26.7. The fraction of sp³-hybridized carbons (Fsp3) is 0.667. The van der Waals surface area contributed by atoms with Crippen LogP contribution in [-0.2, 0) is 59.7 Å². The number of aliphatic hydroxyl groups excluding tert-OH is 4. The molecule has 16 heteroatoms. The van der Waals surface area contributed by atoms with Crippen LogP contribution in [0.4, 0.5) is 11.4 Å². The quantitative estimate of drug-likeness (QED) is 0.0422. The topological polar surface area (TPSA) is 219 Å². The molecule has 0 saturated carbocycles. The van der Waals surface area contributed by atoms with Crippen molar-refractivity contribution in [3.05, 3.63) is 58.7 Å². The maximum absolute atomic E-state index is 11.4. The van der Waals surface area contributed by atoms with E-state index in [-0.39, 0.29) is 44.3 Å². The van der Waals surface area contributed by atoms with Gasteiger partial charge in [-0.15, -0.1) is 0 Å². The maximum atomic E-state index is 11.4. The predicted molar refractivity (Wildman–Crippen MR) is 230 cm³/mol. The first-order chi connectivity index (χ1) is 27.5. The fourth-order valence-electron chi connectivity index (χ4n) is 5.18. The van der Waals surface area contributed by atoms with Gasteiger partial charge in [0.05, 0.1) is 73.2 Å². The molecule has 1 radical (unpaired) electrons. The third-order valence-electron chi connectivity index (χ3n) is 7.84. The van der Waals surface area contributed by atoms with Gasteiger partial charge in [-0.1, -0.05) is 26.0 Å². The Kier molecular flexibility index (Phi) is 38.3. The summed E-state index contributed by atoms with van der Waals surface area (Å²) in [6.07, 6.45) is 3.55. The number of esters is 1. The normalized spacial score (nSPS) is 10.5. The molecule has 0 spiro atoms. The van der Waals surface area contributed by atoms with Gasteiger partial charge < -0.3 is 64.5 Å². The molecule has 0 saturated heterocycles. The van der Waals surface area contributed by atoms with Gasteiger partial charge in [0.15, 0.2) is 0 Å². The van der Waals surface area contributed by atoms with Gasteiger partial charge in [0.2, 0.25) is 0 Å². The Balaban J connectivity index is 0. The molecule has 58 heavy (non-hydrogen) atoms. The summed E-state index contributed by atoms with van der Waals surface area (Å²) in [7, 11) is 1.38. The zero-order valence-corrected chi connectivity index (χ0v) is 38.9. The Morgan fingerprint density at radius 3 is 1.17 bits per heavy atom. The van der Waals surface area contributed by atoms with Crippen molar-refractivity contribution in [2.45, 2.75) is 93.6 Å². The number of methoxy groups -OCH3 is 1. The number of rotatable bonds is 30. The summed E-state index contributed by atoms with van der Waals surface area (Å²) in [6, 6.07) is 11.0. The van der Waals surface area contributed by atoms with E-state index >= 15 is 0 Å². The number of carbonyl (C=O) groups excluding carboxylic acids is 1. The molecular weight excluding hydrogens is 859 g/mol. The molecule has 2 rings (SSSR count). The first kappa shape index (κ1) is 57.5. The van der Waals surface area contributed by atoms with Crippen molar-refractivity contribution >= 4 is 43.1 Å². The molecule has 15 nitrogen and oxygen atoms in total. The predicted octanol–water partition coefficient (Wildman–Crippen LogP) is 4.21. The molecule has 0 aliphatic carbocycles. The molecule has 335 valence electrons. The minimum atomic E-state index is -0.825. The Morgan fingerprint density at radius 2 is 0.879 bits per heavy atom. The van der Waals surface area contributed by atoms with Crippen LogP contribution in [0.15, 0.2) is 36.4 Å². The van der Waals surface area contributed by atoms with E-state index < -0.39 is 25.7 Å². The van der Waals surface area contributed by atoms with Gasteiger partial charge in [0.1, 0.15) is 0 Å². The van der Waals surface area contributed by atoms with Crippen LogP contribution >= 0.6 is 0 Å². The van der Waals surface area contributed by atoms with Crippen LogP contribution in [0.3, 0.4) is 0 Å². The summed E-state index contributed by atoms with van der Waals surface area (Å²) in [4.78, 5) is 33.4. The second-order valence-electron chi connectivity index (χ2n) is 13.7. The van der Waals surface area contributed by atoms with E-state index in [9.17, 15) is 30.0 Å². The number of aliphatic hydroxyl groups is 4. The molecule has 0 fully saturated rings. The average molecular weight is 935 g/mol. The van der Waals surface area contributed by atoms with Crippen molar-refractivity contribution in [1.29, 1.82) is 0 Å². The molecule has 0 aromatic heterocycles. The van der Waals surface area contributed by atoms with Gasteiger partial charge in [0, 0.05) is 63.6 Å². The first-order valence-electron chi connectivity index (χ1n) is 20.0. The van der Waals surface area contributed by atoms with Crippen LogP contribution in [0.25, 0.3) is 0 Å². The summed E-state index contributed by atoms with van der Waals surface area (Å²) >= 11 is -0.543. The Bertz CT molecular complexity index is 1260. The number of aliphatic carboxylic acids is 1. The molecule has 0 bridgehead atoms. The average Bonchev–Trinajstić information content (AvgIpc) is 3.20. The second-order valence-corrected chi connectivity index (χ2v) is 22.3. The van der Waals surface area contributed by atoms with Crippen molar-refractivity contribution in [2.75, 3.05) is 95.9 Å². The first-order valence-corrected chi connectivity index (χ1v) is 28.6. The summed E-state index contributed by atoms with van der Waals surface area (Å²) in [5, 5.41) is 46.6. The molecule has 0 atom stereocenters. The number of hydrogen-bond donors (Lipinski definition) is 5. The van der Waals surface area contributed by atoms with Gasteiger partial charge in [-0.05, 0) is 72.2 Å². The Morgan fingerprint density at radius 1 is 0.552 bits per heavy atom. The molecular formula is C42H75N2O13Sn. The summed E-state index contributed by atoms with van der Waals surface area (Å²) in [6.45, 7) is 10.8. The molecule has 0 aliphatic rings. The van der Waals surface area contributed by atoms with Crippen LogP contribution in [0.5, 0.6) is 0 Å². The summed E-state index contributed by atoms with van der Waals surface area (Å²) in [5.41, 5.74) is 4.64. The number of anilines is 2. The number of ether oxygens (including phenoxy) is 5. The summed E-state index contributed by atoms with van der Waals surface area (Å²) in [5.74, 6) is -1.06. The van der Waals surface area contributed by atoms with Crippen molar-refractivity contribution in [3.8, 4) is 0 Å². The van der Waals surface area contributed by atoms with Crippen LogP contribution in [0.2, 0.25) is 14.8 Å². The molecule has 0 unspecified atom stereocenters. The van der Waals surface area contributed by atoms with Gasteiger partial charge in [-0.3, -0.25) is 9.59 Å². The molecule has 0 aliphatic heterocycles. The van der Waals surface area contributed by atoms with Crippen molar-refractivity contribution in [3.63, 3.8) is 0 Å². The van der Waals surface area contributed by atoms with Gasteiger partial charge in [-0.25, -0.2) is 0 Å². The number of carboxylic acids is 1. The number of nitrogens with zero attached hydrogens (tertiary/aromatic N) is 2. The monoisotopic (exact) mass is 935 g/mol. The molecule has 0 amide bonds. The Labute approximate surface area is 354 Å². The molecule has 2 aromatic carbocycles. The van der Waals surface area contributed by atoms with Crippen LogP contribution < -0.4 is 9.80 Å².